The molecule has 6 aliphatic carbocycles. The smallest absolute Gasteiger partial charge is 0.0202 e. The van der Waals surface area contributed by atoms with Crippen LogP contribution in [0.5, 0.6) is 0 Å². The predicted octanol–water partition coefficient (Wildman–Crippen LogP) is 21.2. The lowest BCUT2D eigenvalue weighted by molar-refractivity contribution is -0.170. The molecule has 0 amide bonds. The van der Waals surface area contributed by atoms with Crippen LogP contribution in [0.2, 0.25) is 0 Å². The van der Waals surface area contributed by atoms with Crippen molar-refractivity contribution in [2.24, 2.45) is 70.5 Å². The average molecular weight is 860 g/mol. The SMILES string of the molecule is CCCCCCCCC(CC)C1CCCCCCCC1C1(C2CCCCCCCCC2C2CCCCCCCC2C)CC2CCCCCCCCC2C2CCCCCCCCC21. The van der Waals surface area contributed by atoms with Gasteiger partial charge in [0, 0.05) is 0 Å². The summed E-state index contributed by atoms with van der Waals surface area (Å²) >= 11 is 0. The second kappa shape index (κ2) is 29.7. The third-order valence-corrected chi connectivity index (χ3v) is 20.9. The van der Waals surface area contributed by atoms with Crippen molar-refractivity contribution in [3.63, 3.8) is 0 Å². The van der Waals surface area contributed by atoms with Crippen molar-refractivity contribution in [2.45, 2.75) is 323 Å². The molecule has 12 unspecified atom stereocenters. The predicted molar refractivity (Wildman–Crippen MR) is 275 cm³/mol. The van der Waals surface area contributed by atoms with E-state index in [1.165, 1.54) is 141 Å². The van der Waals surface area contributed by atoms with Gasteiger partial charge in [0.1, 0.15) is 0 Å². The Morgan fingerprint density at radius 2 is 0.742 bits per heavy atom. The maximum atomic E-state index is 2.83. The second-order valence-corrected chi connectivity index (χ2v) is 24.7. The van der Waals surface area contributed by atoms with Crippen molar-refractivity contribution in [1.82, 2.24) is 0 Å². The third kappa shape index (κ3) is 15.0. The average Bonchev–Trinajstić information content (AvgIpc) is 3.49. The molecule has 62 heavy (non-hydrogen) atoms. The first-order chi connectivity index (χ1) is 30.7. The molecule has 6 aliphatic rings. The van der Waals surface area contributed by atoms with Gasteiger partial charge in [0.05, 0.1) is 0 Å². The van der Waals surface area contributed by atoms with Gasteiger partial charge in [0.2, 0.25) is 0 Å². The first kappa shape index (κ1) is 51.4. The van der Waals surface area contributed by atoms with E-state index in [1.807, 2.05) is 0 Å². The van der Waals surface area contributed by atoms with Crippen LogP contribution in [0, 0.1) is 70.5 Å². The third-order valence-electron chi connectivity index (χ3n) is 20.9. The zero-order valence-corrected chi connectivity index (χ0v) is 43.1. The van der Waals surface area contributed by atoms with Gasteiger partial charge in [0.15, 0.2) is 0 Å². The summed E-state index contributed by atoms with van der Waals surface area (Å²) in [6.07, 6.45) is 72.9. The van der Waals surface area contributed by atoms with Crippen molar-refractivity contribution in [3.8, 4) is 0 Å². The molecular formula is C62H114. The largest absolute Gasteiger partial charge is 0.0654 e. The Kier molecular flexibility index (Phi) is 24.6. The highest BCUT2D eigenvalue weighted by molar-refractivity contribution is 5.10. The minimum Gasteiger partial charge on any atom is -0.0654 e. The van der Waals surface area contributed by atoms with Gasteiger partial charge in [-0.2, -0.15) is 0 Å². The number of rotatable bonds is 12. The Labute approximate surface area is 391 Å². The maximum absolute atomic E-state index is 2.83. The summed E-state index contributed by atoms with van der Waals surface area (Å²) in [5.41, 5.74) is 0.584. The van der Waals surface area contributed by atoms with Gasteiger partial charge in [-0.05, 0) is 128 Å². The fourth-order valence-corrected chi connectivity index (χ4v) is 17.9. The molecule has 6 rings (SSSR count). The summed E-state index contributed by atoms with van der Waals surface area (Å²) in [6, 6.07) is 0. The molecule has 0 aromatic heterocycles. The molecule has 0 heteroatoms. The van der Waals surface area contributed by atoms with Crippen LogP contribution in [0.3, 0.4) is 0 Å². The molecule has 0 aliphatic heterocycles. The quantitative estimate of drug-likeness (QED) is 0.172. The van der Waals surface area contributed by atoms with Crippen LogP contribution in [-0.4, -0.2) is 0 Å². The summed E-state index contributed by atoms with van der Waals surface area (Å²) in [5, 5.41) is 0. The second-order valence-electron chi connectivity index (χ2n) is 24.7. The Bertz CT molecular complexity index is 1110. The van der Waals surface area contributed by atoms with Crippen molar-refractivity contribution >= 4 is 0 Å². The lowest BCUT2D eigenvalue weighted by Gasteiger charge is -2.65. The lowest BCUT2D eigenvalue weighted by Crippen LogP contribution is -2.59. The molecule has 0 aromatic carbocycles. The minimum atomic E-state index is 0.584. The van der Waals surface area contributed by atoms with E-state index in [0.717, 1.165) is 65.1 Å². The summed E-state index contributed by atoms with van der Waals surface area (Å²) in [6.45, 7) is 7.94. The fourth-order valence-electron chi connectivity index (χ4n) is 17.9. The molecule has 12 atom stereocenters. The molecule has 0 spiro atoms. The normalized spacial score (nSPS) is 38.2. The van der Waals surface area contributed by atoms with Gasteiger partial charge in [-0.25, -0.2) is 0 Å². The molecule has 0 nitrogen and oxygen atoms in total. The highest BCUT2D eigenvalue weighted by Crippen LogP contribution is 2.68. The van der Waals surface area contributed by atoms with Gasteiger partial charge in [-0.15, -0.1) is 0 Å². The summed E-state index contributed by atoms with van der Waals surface area (Å²) in [5.74, 6) is 11.0. The topological polar surface area (TPSA) is 0 Å². The molecule has 362 valence electrons. The van der Waals surface area contributed by atoms with E-state index in [9.17, 15) is 0 Å². The molecule has 0 saturated heterocycles. The number of fused-ring (bicyclic) bond motifs is 3. The molecule has 0 radical (unpaired) electrons. The van der Waals surface area contributed by atoms with Crippen LogP contribution >= 0.6 is 0 Å². The Balaban J connectivity index is 1.55. The van der Waals surface area contributed by atoms with E-state index in [0.29, 0.717) is 5.41 Å². The maximum Gasteiger partial charge on any atom is -0.0202 e. The van der Waals surface area contributed by atoms with Crippen LogP contribution in [0.25, 0.3) is 0 Å². The summed E-state index contributed by atoms with van der Waals surface area (Å²) in [7, 11) is 0. The lowest BCUT2D eigenvalue weighted by atomic mass is 9.39. The zero-order valence-electron chi connectivity index (χ0n) is 43.1. The first-order valence-electron chi connectivity index (χ1n) is 30.7. The van der Waals surface area contributed by atoms with Crippen LogP contribution in [0.1, 0.15) is 323 Å². The van der Waals surface area contributed by atoms with Crippen LogP contribution in [-0.2, 0) is 0 Å². The molecule has 0 N–H and O–H groups in total. The van der Waals surface area contributed by atoms with Gasteiger partial charge in [-0.3, -0.25) is 0 Å². The molecule has 6 saturated carbocycles. The number of unbranched alkanes of at least 4 members (excludes halogenated alkanes) is 5. The Morgan fingerprint density at radius 3 is 1.27 bits per heavy atom. The molecule has 6 fully saturated rings. The van der Waals surface area contributed by atoms with Gasteiger partial charge in [-0.1, -0.05) is 265 Å². The van der Waals surface area contributed by atoms with Crippen LogP contribution in [0.15, 0.2) is 0 Å². The van der Waals surface area contributed by atoms with E-state index >= 15 is 0 Å². The first-order valence-corrected chi connectivity index (χ1v) is 30.7. The van der Waals surface area contributed by atoms with Gasteiger partial charge in [0.25, 0.3) is 0 Å². The van der Waals surface area contributed by atoms with Gasteiger partial charge >= 0.3 is 0 Å². The standard InChI is InChI=1S/C62H114/c1-4-6-7-8-18-29-40-52(5-2)56-44-33-24-16-27-36-47-59(56)62(60-48-37-25-13-11-21-34-45-57(60)54-42-31-23-15-17-28-39-51(54)3)50-53-41-30-19-9-10-20-32-43-55(53)58-46-35-22-12-14-26-38-49-61(58)62/h51-61H,4-50H2,1-3H3. The fraction of sp³-hybridized carbons (Fsp3) is 1.00. The van der Waals surface area contributed by atoms with E-state index in [4.69, 9.17) is 0 Å². The highest BCUT2D eigenvalue weighted by atomic mass is 14.7. The van der Waals surface area contributed by atoms with Crippen LogP contribution in [0.4, 0.5) is 0 Å². The zero-order chi connectivity index (χ0) is 43.1. The molecule has 0 heterocycles. The minimum absolute atomic E-state index is 0.584. The van der Waals surface area contributed by atoms with E-state index < -0.39 is 0 Å². The van der Waals surface area contributed by atoms with Crippen molar-refractivity contribution in [2.75, 3.05) is 0 Å². The van der Waals surface area contributed by atoms with Crippen molar-refractivity contribution < 1.29 is 0 Å². The van der Waals surface area contributed by atoms with Crippen molar-refractivity contribution in [1.29, 1.82) is 0 Å². The van der Waals surface area contributed by atoms with Crippen molar-refractivity contribution in [3.05, 3.63) is 0 Å². The summed E-state index contributed by atoms with van der Waals surface area (Å²) in [4.78, 5) is 0. The van der Waals surface area contributed by atoms with E-state index in [1.54, 1.807) is 161 Å². The summed E-state index contributed by atoms with van der Waals surface area (Å²) < 4.78 is 0. The van der Waals surface area contributed by atoms with Crippen LogP contribution < -0.4 is 0 Å². The van der Waals surface area contributed by atoms with E-state index in [-0.39, 0.29) is 0 Å². The van der Waals surface area contributed by atoms with E-state index in [2.05, 4.69) is 20.8 Å². The Hall–Kier alpha value is 0. The monoisotopic (exact) mass is 859 g/mol. The number of hydrogen-bond acceptors (Lipinski definition) is 0. The van der Waals surface area contributed by atoms with Gasteiger partial charge < -0.3 is 0 Å². The number of hydrogen-bond donors (Lipinski definition) is 0. The Morgan fingerprint density at radius 1 is 0.355 bits per heavy atom. The molecule has 0 aromatic rings. The molecule has 0 bridgehead atoms. The highest BCUT2D eigenvalue weighted by Gasteiger charge is 2.61. The molecular weight excluding hydrogens is 745 g/mol.